The highest BCUT2D eigenvalue weighted by Crippen LogP contribution is 2.19. The smallest absolute Gasteiger partial charge is 0.191 e. The van der Waals surface area contributed by atoms with Crippen molar-refractivity contribution in [1.29, 1.82) is 0 Å². The average Bonchev–Trinajstić information content (AvgIpc) is 2.65. The summed E-state index contributed by atoms with van der Waals surface area (Å²) >= 11 is 0. The van der Waals surface area contributed by atoms with Crippen LogP contribution in [0.3, 0.4) is 0 Å². The first-order valence-corrected chi connectivity index (χ1v) is 9.52. The van der Waals surface area contributed by atoms with Crippen molar-refractivity contribution >= 4 is 5.96 Å². The van der Waals surface area contributed by atoms with E-state index in [0.717, 1.165) is 48.8 Å². The van der Waals surface area contributed by atoms with Crippen molar-refractivity contribution in [3.8, 4) is 5.75 Å². The predicted molar refractivity (Wildman–Crippen MR) is 107 cm³/mol. The minimum atomic E-state index is 0.595. The Labute approximate surface area is 158 Å². The van der Waals surface area contributed by atoms with E-state index in [1.165, 1.54) is 0 Å². The third-order valence-electron chi connectivity index (χ3n) is 3.79. The maximum Gasteiger partial charge on any atom is 0.191 e. The molecule has 0 saturated carbocycles. The highest BCUT2D eigenvalue weighted by atomic mass is 16.5. The molecule has 0 radical (unpaired) electrons. The summed E-state index contributed by atoms with van der Waals surface area (Å²) in [7, 11) is 1.69. The first-order valence-electron chi connectivity index (χ1n) is 9.52. The summed E-state index contributed by atoms with van der Waals surface area (Å²) in [5, 5.41) is 6.53. The molecule has 1 rings (SSSR count). The molecule has 0 amide bonds. The standard InChI is InChI=1S/C20H35N3O3/c1-5-7-11-25-13-14-26-12-10-22-20(21-6-2)23-16-18-9-8-17(3)19(15-18)24-4/h8-9,15H,5-7,10-14,16H2,1-4H3,(H2,21,22,23). The number of unbranched alkanes of at least 4 members (excludes halogenated alkanes) is 1. The maximum absolute atomic E-state index is 5.56. The molecule has 0 spiro atoms. The van der Waals surface area contributed by atoms with E-state index < -0.39 is 0 Å². The molecule has 0 saturated heterocycles. The zero-order chi connectivity index (χ0) is 19.0. The van der Waals surface area contributed by atoms with Gasteiger partial charge in [0, 0.05) is 19.7 Å². The van der Waals surface area contributed by atoms with E-state index in [1.54, 1.807) is 7.11 Å². The first kappa shape index (κ1) is 22.3. The van der Waals surface area contributed by atoms with Crippen LogP contribution in [0, 0.1) is 6.92 Å². The highest BCUT2D eigenvalue weighted by Gasteiger charge is 2.01. The largest absolute Gasteiger partial charge is 0.496 e. The third kappa shape index (κ3) is 9.63. The Balaban J connectivity index is 2.31. The summed E-state index contributed by atoms with van der Waals surface area (Å²) in [5.41, 5.74) is 2.24. The van der Waals surface area contributed by atoms with Crippen molar-refractivity contribution in [1.82, 2.24) is 10.6 Å². The molecule has 0 heterocycles. The molecule has 148 valence electrons. The predicted octanol–water partition coefficient (Wildman–Crippen LogP) is 2.89. The van der Waals surface area contributed by atoms with Crippen molar-refractivity contribution in [2.75, 3.05) is 46.6 Å². The fourth-order valence-electron chi connectivity index (χ4n) is 2.28. The van der Waals surface area contributed by atoms with Crippen LogP contribution in [0.4, 0.5) is 0 Å². The molecule has 0 aromatic heterocycles. The maximum atomic E-state index is 5.56. The van der Waals surface area contributed by atoms with Crippen LogP contribution < -0.4 is 15.4 Å². The molecule has 6 nitrogen and oxygen atoms in total. The van der Waals surface area contributed by atoms with E-state index in [1.807, 2.05) is 13.0 Å². The fourth-order valence-corrected chi connectivity index (χ4v) is 2.28. The Kier molecular flexibility index (Phi) is 12.3. The zero-order valence-corrected chi connectivity index (χ0v) is 16.8. The monoisotopic (exact) mass is 365 g/mol. The van der Waals surface area contributed by atoms with Gasteiger partial charge >= 0.3 is 0 Å². The number of nitrogens with zero attached hydrogens (tertiary/aromatic N) is 1. The first-order chi connectivity index (χ1) is 12.7. The lowest BCUT2D eigenvalue weighted by Crippen LogP contribution is -2.39. The van der Waals surface area contributed by atoms with Gasteiger partial charge in [-0.1, -0.05) is 25.5 Å². The second-order valence-corrected chi connectivity index (χ2v) is 6.00. The van der Waals surface area contributed by atoms with Gasteiger partial charge in [-0.15, -0.1) is 0 Å². The number of nitrogens with one attached hydrogen (secondary N) is 2. The molecule has 1 aromatic rings. The minimum Gasteiger partial charge on any atom is -0.496 e. The number of rotatable bonds is 13. The number of benzene rings is 1. The van der Waals surface area contributed by atoms with E-state index in [9.17, 15) is 0 Å². The van der Waals surface area contributed by atoms with Crippen LogP contribution in [0.25, 0.3) is 0 Å². The summed E-state index contributed by atoms with van der Waals surface area (Å²) in [6.45, 7) is 11.1. The van der Waals surface area contributed by atoms with Crippen molar-refractivity contribution in [2.24, 2.45) is 4.99 Å². The second kappa shape index (κ2) is 14.4. The van der Waals surface area contributed by atoms with Crippen LogP contribution in [0.1, 0.15) is 37.8 Å². The summed E-state index contributed by atoms with van der Waals surface area (Å²) in [6.07, 6.45) is 2.27. The number of hydrogen-bond donors (Lipinski definition) is 2. The molecule has 1 aromatic carbocycles. The molecule has 0 fully saturated rings. The van der Waals surface area contributed by atoms with E-state index >= 15 is 0 Å². The SMILES string of the molecule is CCCCOCCOCCNC(=NCc1ccc(C)c(OC)c1)NCC. The quantitative estimate of drug-likeness (QED) is 0.320. The van der Waals surface area contributed by atoms with Gasteiger partial charge in [0.1, 0.15) is 5.75 Å². The Bertz CT molecular complexity index is 521. The van der Waals surface area contributed by atoms with Gasteiger partial charge in [-0.05, 0) is 37.5 Å². The Morgan fingerprint density at radius 3 is 2.50 bits per heavy atom. The highest BCUT2D eigenvalue weighted by molar-refractivity contribution is 5.79. The van der Waals surface area contributed by atoms with E-state index in [-0.39, 0.29) is 0 Å². The molecule has 0 aliphatic rings. The molecule has 26 heavy (non-hydrogen) atoms. The Morgan fingerprint density at radius 1 is 1.04 bits per heavy atom. The van der Waals surface area contributed by atoms with Crippen LogP contribution in [0.2, 0.25) is 0 Å². The lowest BCUT2D eigenvalue weighted by Gasteiger charge is -2.12. The molecule has 0 unspecified atom stereocenters. The van der Waals surface area contributed by atoms with Crippen LogP contribution in [-0.2, 0) is 16.0 Å². The van der Waals surface area contributed by atoms with Gasteiger partial charge in [0.15, 0.2) is 5.96 Å². The number of aliphatic imine (C=N–C) groups is 1. The fraction of sp³-hybridized carbons (Fsp3) is 0.650. The van der Waals surface area contributed by atoms with Crippen LogP contribution in [-0.4, -0.2) is 52.6 Å². The van der Waals surface area contributed by atoms with Crippen LogP contribution >= 0.6 is 0 Å². The van der Waals surface area contributed by atoms with Crippen molar-refractivity contribution in [3.63, 3.8) is 0 Å². The third-order valence-corrected chi connectivity index (χ3v) is 3.79. The van der Waals surface area contributed by atoms with E-state index in [4.69, 9.17) is 14.2 Å². The molecule has 0 aliphatic carbocycles. The topological polar surface area (TPSA) is 64.1 Å². The number of aryl methyl sites for hydroxylation is 1. The van der Waals surface area contributed by atoms with Gasteiger partial charge in [0.25, 0.3) is 0 Å². The number of methoxy groups -OCH3 is 1. The molecule has 6 heteroatoms. The second-order valence-electron chi connectivity index (χ2n) is 6.00. The molecule has 0 bridgehead atoms. The number of hydrogen-bond acceptors (Lipinski definition) is 4. The molecule has 0 aliphatic heterocycles. The van der Waals surface area contributed by atoms with Crippen molar-refractivity contribution in [3.05, 3.63) is 29.3 Å². The van der Waals surface area contributed by atoms with Gasteiger partial charge in [-0.25, -0.2) is 4.99 Å². The lowest BCUT2D eigenvalue weighted by atomic mass is 10.1. The van der Waals surface area contributed by atoms with Gasteiger partial charge < -0.3 is 24.8 Å². The Hall–Kier alpha value is -1.79. The molecular weight excluding hydrogens is 330 g/mol. The van der Waals surface area contributed by atoms with Crippen LogP contribution in [0.15, 0.2) is 23.2 Å². The molecular formula is C20H35N3O3. The van der Waals surface area contributed by atoms with Gasteiger partial charge in [0.05, 0.1) is 33.5 Å². The van der Waals surface area contributed by atoms with E-state index in [2.05, 4.69) is 41.6 Å². The van der Waals surface area contributed by atoms with Crippen molar-refractivity contribution < 1.29 is 14.2 Å². The summed E-state index contributed by atoms with van der Waals surface area (Å²) in [6, 6.07) is 6.16. The summed E-state index contributed by atoms with van der Waals surface area (Å²) in [5.74, 6) is 1.68. The number of ether oxygens (including phenoxy) is 3. The number of guanidine groups is 1. The Morgan fingerprint density at radius 2 is 1.81 bits per heavy atom. The van der Waals surface area contributed by atoms with Crippen LogP contribution in [0.5, 0.6) is 5.75 Å². The van der Waals surface area contributed by atoms with Gasteiger partial charge in [0.2, 0.25) is 0 Å². The van der Waals surface area contributed by atoms with Gasteiger partial charge in [-0.2, -0.15) is 0 Å². The zero-order valence-electron chi connectivity index (χ0n) is 16.8. The van der Waals surface area contributed by atoms with Gasteiger partial charge in [-0.3, -0.25) is 0 Å². The molecule has 0 atom stereocenters. The summed E-state index contributed by atoms with van der Waals surface area (Å²) < 4.78 is 16.4. The van der Waals surface area contributed by atoms with Crippen molar-refractivity contribution in [2.45, 2.75) is 40.2 Å². The summed E-state index contributed by atoms with van der Waals surface area (Å²) in [4.78, 5) is 4.62. The van der Waals surface area contributed by atoms with E-state index in [0.29, 0.717) is 32.9 Å². The normalized spacial score (nSPS) is 11.5. The lowest BCUT2D eigenvalue weighted by molar-refractivity contribution is 0.0487. The molecule has 2 N–H and O–H groups in total. The minimum absolute atomic E-state index is 0.595. The average molecular weight is 366 g/mol.